The fourth-order valence-electron chi connectivity index (χ4n) is 1.65. The summed E-state index contributed by atoms with van der Waals surface area (Å²) < 4.78 is 3.23. The number of nitrogens with zero attached hydrogens (tertiary/aromatic N) is 2. The van der Waals surface area contributed by atoms with Gasteiger partial charge in [0.25, 0.3) is 0 Å². The van der Waals surface area contributed by atoms with Crippen molar-refractivity contribution in [2.24, 2.45) is 5.73 Å². The summed E-state index contributed by atoms with van der Waals surface area (Å²) in [5.74, 6) is 0.941. The van der Waals surface area contributed by atoms with Crippen LogP contribution in [0, 0.1) is 0 Å². The Hall–Kier alpha value is -0.650. The maximum Gasteiger partial charge on any atom is 0.131 e. The van der Waals surface area contributed by atoms with Gasteiger partial charge in [-0.05, 0) is 34.5 Å². The first-order chi connectivity index (χ1) is 7.72. The zero-order chi connectivity index (χ0) is 11.5. The van der Waals surface area contributed by atoms with Crippen molar-refractivity contribution in [3.05, 3.63) is 39.0 Å². The van der Waals surface area contributed by atoms with Crippen molar-refractivity contribution in [2.75, 3.05) is 0 Å². The molecule has 0 radical (unpaired) electrons. The maximum absolute atomic E-state index is 6.21. The van der Waals surface area contributed by atoms with Crippen LogP contribution in [0.1, 0.15) is 30.1 Å². The molecule has 2 aromatic rings. The quantitative estimate of drug-likeness (QED) is 0.942. The molecule has 0 saturated carbocycles. The van der Waals surface area contributed by atoms with Crippen LogP contribution in [0.4, 0.5) is 0 Å². The molecular weight excluding hydrogens is 286 g/mol. The van der Waals surface area contributed by atoms with Crippen LogP contribution in [0.25, 0.3) is 0 Å². The van der Waals surface area contributed by atoms with E-state index in [-0.39, 0.29) is 6.04 Å². The van der Waals surface area contributed by atoms with Gasteiger partial charge in [-0.3, -0.25) is 0 Å². The zero-order valence-corrected chi connectivity index (χ0v) is 11.5. The Balaban J connectivity index is 2.26. The van der Waals surface area contributed by atoms with E-state index in [0.717, 1.165) is 27.5 Å². The molecule has 0 aliphatic rings. The lowest BCUT2D eigenvalue weighted by molar-refractivity contribution is 0.616. The molecule has 1 atom stereocenters. The number of aromatic nitrogens is 2. The molecule has 0 bridgehead atoms. The molecule has 2 rings (SSSR count). The molecule has 86 valence electrons. The highest BCUT2D eigenvalue weighted by Gasteiger charge is 2.15. The minimum atomic E-state index is -0.127. The van der Waals surface area contributed by atoms with E-state index < -0.39 is 0 Å². The van der Waals surface area contributed by atoms with Crippen LogP contribution in [0.2, 0.25) is 0 Å². The maximum atomic E-state index is 6.21. The van der Waals surface area contributed by atoms with Gasteiger partial charge in [-0.1, -0.05) is 6.92 Å². The van der Waals surface area contributed by atoms with Gasteiger partial charge in [-0.15, -0.1) is 11.3 Å². The highest BCUT2D eigenvalue weighted by atomic mass is 79.9. The number of rotatable bonds is 4. The lowest BCUT2D eigenvalue weighted by Gasteiger charge is -2.11. The standard InChI is InChI=1S/C11H14BrN3S/c1-2-6-15-7-5-14-11(15)10(13)8-3-4-9(12)16-8/h3-5,7,10H,2,6,13H2,1H3. The van der Waals surface area contributed by atoms with E-state index in [2.05, 4.69) is 32.4 Å². The Labute approximate surface area is 107 Å². The van der Waals surface area contributed by atoms with E-state index in [1.165, 1.54) is 0 Å². The Morgan fingerprint density at radius 3 is 3.00 bits per heavy atom. The first-order valence-corrected chi connectivity index (χ1v) is 6.85. The average molecular weight is 300 g/mol. The van der Waals surface area contributed by atoms with Gasteiger partial charge in [0.1, 0.15) is 5.82 Å². The van der Waals surface area contributed by atoms with Crippen LogP contribution in [0.15, 0.2) is 28.3 Å². The second-order valence-corrected chi connectivity index (χ2v) is 6.09. The summed E-state index contributed by atoms with van der Waals surface area (Å²) in [7, 11) is 0. The zero-order valence-electron chi connectivity index (χ0n) is 9.06. The fourth-order valence-corrected chi connectivity index (χ4v) is 3.07. The number of halogens is 1. The Morgan fingerprint density at radius 1 is 1.56 bits per heavy atom. The number of hydrogen-bond donors (Lipinski definition) is 1. The molecule has 0 fully saturated rings. The summed E-state index contributed by atoms with van der Waals surface area (Å²) in [6.07, 6.45) is 4.89. The molecule has 0 aromatic carbocycles. The summed E-state index contributed by atoms with van der Waals surface area (Å²) in [6, 6.07) is 3.94. The van der Waals surface area contributed by atoms with Gasteiger partial charge in [0.05, 0.1) is 9.83 Å². The van der Waals surface area contributed by atoms with E-state index in [1.54, 1.807) is 11.3 Å². The fraction of sp³-hybridized carbons (Fsp3) is 0.364. The first-order valence-electron chi connectivity index (χ1n) is 5.24. The Bertz CT molecular complexity index is 463. The largest absolute Gasteiger partial charge is 0.333 e. The molecule has 1 unspecified atom stereocenters. The van der Waals surface area contributed by atoms with Crippen LogP contribution in [-0.2, 0) is 6.54 Å². The van der Waals surface area contributed by atoms with Gasteiger partial charge in [-0.2, -0.15) is 0 Å². The molecule has 3 nitrogen and oxygen atoms in total. The summed E-state index contributed by atoms with van der Waals surface area (Å²) in [6.45, 7) is 3.12. The molecule has 0 amide bonds. The molecule has 2 N–H and O–H groups in total. The van der Waals surface area contributed by atoms with Crippen molar-refractivity contribution in [3.63, 3.8) is 0 Å². The first kappa shape index (κ1) is 11.8. The number of hydrogen-bond acceptors (Lipinski definition) is 3. The van der Waals surface area contributed by atoms with Crippen molar-refractivity contribution in [2.45, 2.75) is 25.9 Å². The molecule has 2 aromatic heterocycles. The predicted molar refractivity (Wildman–Crippen MR) is 70.6 cm³/mol. The second-order valence-electron chi connectivity index (χ2n) is 3.60. The van der Waals surface area contributed by atoms with E-state index >= 15 is 0 Å². The van der Waals surface area contributed by atoms with Crippen molar-refractivity contribution in [3.8, 4) is 0 Å². The SMILES string of the molecule is CCCn1ccnc1C(N)c1ccc(Br)s1. The summed E-state index contributed by atoms with van der Waals surface area (Å²) in [5, 5.41) is 0. The Morgan fingerprint density at radius 2 is 2.38 bits per heavy atom. The van der Waals surface area contributed by atoms with E-state index in [0.29, 0.717) is 0 Å². The van der Waals surface area contributed by atoms with Crippen LogP contribution in [0.3, 0.4) is 0 Å². The third-order valence-corrected chi connectivity index (χ3v) is 4.10. The van der Waals surface area contributed by atoms with Crippen molar-refractivity contribution in [1.82, 2.24) is 9.55 Å². The molecule has 0 aliphatic carbocycles. The van der Waals surface area contributed by atoms with Gasteiger partial charge in [0, 0.05) is 23.8 Å². The molecule has 0 aliphatic heterocycles. The lowest BCUT2D eigenvalue weighted by atomic mass is 10.2. The average Bonchev–Trinajstić information content (AvgIpc) is 2.87. The summed E-state index contributed by atoms with van der Waals surface area (Å²) in [5.41, 5.74) is 6.21. The topological polar surface area (TPSA) is 43.8 Å². The highest BCUT2D eigenvalue weighted by molar-refractivity contribution is 9.11. The molecule has 16 heavy (non-hydrogen) atoms. The third kappa shape index (κ3) is 2.36. The number of nitrogens with two attached hydrogens (primary N) is 1. The van der Waals surface area contributed by atoms with Crippen LogP contribution < -0.4 is 5.73 Å². The van der Waals surface area contributed by atoms with Gasteiger partial charge in [-0.25, -0.2) is 4.98 Å². The van der Waals surface area contributed by atoms with E-state index in [4.69, 9.17) is 5.73 Å². The molecule has 5 heteroatoms. The van der Waals surface area contributed by atoms with Gasteiger partial charge in [0.2, 0.25) is 0 Å². The minimum absolute atomic E-state index is 0.127. The molecule has 0 saturated heterocycles. The number of imidazole rings is 1. The van der Waals surface area contributed by atoms with Gasteiger partial charge < -0.3 is 10.3 Å². The summed E-state index contributed by atoms with van der Waals surface area (Å²) in [4.78, 5) is 5.48. The van der Waals surface area contributed by atoms with E-state index in [9.17, 15) is 0 Å². The van der Waals surface area contributed by atoms with Crippen molar-refractivity contribution in [1.29, 1.82) is 0 Å². The minimum Gasteiger partial charge on any atom is -0.333 e. The van der Waals surface area contributed by atoms with Crippen LogP contribution >= 0.6 is 27.3 Å². The molecule has 2 heterocycles. The van der Waals surface area contributed by atoms with Crippen LogP contribution in [-0.4, -0.2) is 9.55 Å². The lowest BCUT2D eigenvalue weighted by Crippen LogP contribution is -2.16. The van der Waals surface area contributed by atoms with Gasteiger partial charge in [0.15, 0.2) is 0 Å². The molecular formula is C11H14BrN3S. The molecule has 0 spiro atoms. The highest BCUT2D eigenvalue weighted by Crippen LogP contribution is 2.29. The Kier molecular flexibility index (Phi) is 3.78. The van der Waals surface area contributed by atoms with Gasteiger partial charge >= 0.3 is 0 Å². The predicted octanol–water partition coefficient (Wildman–Crippen LogP) is 3.17. The number of aryl methyl sites for hydroxylation is 1. The van der Waals surface area contributed by atoms with Crippen molar-refractivity contribution >= 4 is 27.3 Å². The summed E-state index contributed by atoms with van der Waals surface area (Å²) >= 11 is 5.11. The smallest absolute Gasteiger partial charge is 0.131 e. The van der Waals surface area contributed by atoms with E-state index in [1.807, 2.05) is 24.5 Å². The van der Waals surface area contributed by atoms with Crippen LogP contribution in [0.5, 0.6) is 0 Å². The van der Waals surface area contributed by atoms with Crippen molar-refractivity contribution < 1.29 is 0 Å². The second kappa shape index (κ2) is 5.12. The normalized spacial score (nSPS) is 12.9. The third-order valence-electron chi connectivity index (χ3n) is 2.39. The monoisotopic (exact) mass is 299 g/mol. The number of thiophene rings is 1.